The van der Waals surface area contributed by atoms with Gasteiger partial charge in [-0.15, -0.1) is 0 Å². The first-order chi connectivity index (χ1) is 14.4. The van der Waals surface area contributed by atoms with Crippen molar-refractivity contribution in [2.45, 2.75) is 31.9 Å². The molecule has 1 atom stereocenters. The third kappa shape index (κ3) is 3.96. The molecule has 5 rings (SSSR count). The van der Waals surface area contributed by atoms with Gasteiger partial charge in [0.15, 0.2) is 5.82 Å². The number of nitrogens with zero attached hydrogens (tertiary/aromatic N) is 6. The third-order valence-electron chi connectivity index (χ3n) is 4.70. The molecule has 1 amide bonds. The molecule has 0 aromatic carbocycles. The molecule has 3 aromatic rings. The Kier molecular flexibility index (Phi) is 5.11. The van der Waals surface area contributed by atoms with Crippen LogP contribution in [-0.2, 0) is 11.0 Å². The summed E-state index contributed by atoms with van der Waals surface area (Å²) < 4.78 is 40.1. The Morgan fingerprint density at radius 1 is 1.17 bits per heavy atom. The van der Waals surface area contributed by atoms with E-state index in [0.29, 0.717) is 29.7 Å². The number of hydrogen-bond acceptors (Lipinski definition) is 5. The second-order valence-corrected chi connectivity index (χ2v) is 7.06. The molecule has 1 unspecified atom stereocenters. The Morgan fingerprint density at radius 2 is 1.93 bits per heavy atom. The van der Waals surface area contributed by atoms with Gasteiger partial charge in [-0.3, -0.25) is 4.79 Å². The quantitative estimate of drug-likeness (QED) is 0.636. The van der Waals surface area contributed by atoms with Crippen LogP contribution in [0.25, 0.3) is 16.9 Å². The number of alkyl halides is 3. The van der Waals surface area contributed by atoms with Crippen molar-refractivity contribution in [3.63, 3.8) is 0 Å². The minimum atomic E-state index is -4.57. The molecule has 10 heteroatoms. The standard InChI is InChI=1S/C17H11F3N6O.C3H6/c18-17(19,20)14-2-4-22-15(24-14)11-7-13-12(1-5-23-26(13)9-11)25-6-3-10(8-21)16(25)27;1-2-3-1/h1-2,4-5,7,9-10H,3,6H2;1-3H2. The summed E-state index contributed by atoms with van der Waals surface area (Å²) in [6, 6.07) is 5.98. The lowest BCUT2D eigenvalue weighted by Gasteiger charge is -2.16. The van der Waals surface area contributed by atoms with E-state index < -0.39 is 17.8 Å². The molecule has 0 spiro atoms. The summed E-state index contributed by atoms with van der Waals surface area (Å²) in [6.45, 7) is 0.386. The van der Waals surface area contributed by atoms with Gasteiger partial charge in [-0.1, -0.05) is 19.3 Å². The highest BCUT2D eigenvalue weighted by molar-refractivity contribution is 6.02. The van der Waals surface area contributed by atoms with Crippen molar-refractivity contribution in [3.8, 4) is 17.5 Å². The van der Waals surface area contributed by atoms with Gasteiger partial charge in [0.2, 0.25) is 5.91 Å². The molecule has 0 N–H and O–H groups in total. The summed E-state index contributed by atoms with van der Waals surface area (Å²) >= 11 is 0. The van der Waals surface area contributed by atoms with E-state index in [-0.39, 0.29) is 11.7 Å². The fourth-order valence-corrected chi connectivity index (χ4v) is 3.05. The molecule has 3 aromatic heterocycles. The van der Waals surface area contributed by atoms with E-state index in [1.165, 1.54) is 41.1 Å². The normalized spacial score (nSPS) is 18.1. The zero-order chi connectivity index (χ0) is 21.3. The van der Waals surface area contributed by atoms with Crippen LogP contribution in [0.2, 0.25) is 0 Å². The molecule has 1 saturated carbocycles. The summed E-state index contributed by atoms with van der Waals surface area (Å²) in [5, 5.41) is 13.2. The van der Waals surface area contributed by atoms with Gasteiger partial charge >= 0.3 is 6.18 Å². The number of carbonyl (C=O) groups excluding carboxylic acids is 1. The lowest BCUT2D eigenvalue weighted by atomic mass is 10.1. The van der Waals surface area contributed by atoms with E-state index in [1.54, 1.807) is 12.1 Å². The van der Waals surface area contributed by atoms with Gasteiger partial charge in [-0.2, -0.15) is 23.5 Å². The summed E-state index contributed by atoms with van der Waals surface area (Å²) in [4.78, 5) is 21.3. The molecular formula is C20H17F3N6O. The SMILES string of the molecule is C1CC1.N#CC1CCN(c2ccnn3cc(-c4nccc(C(F)(F)F)n4)cc23)C1=O. The van der Waals surface area contributed by atoms with Gasteiger partial charge in [-0.05, 0) is 24.6 Å². The fourth-order valence-electron chi connectivity index (χ4n) is 3.05. The van der Waals surface area contributed by atoms with Crippen LogP contribution >= 0.6 is 0 Å². The number of aromatic nitrogens is 4. The molecule has 2 aliphatic rings. The smallest absolute Gasteiger partial charge is 0.309 e. The highest BCUT2D eigenvalue weighted by atomic mass is 19.4. The van der Waals surface area contributed by atoms with Crippen molar-refractivity contribution < 1.29 is 18.0 Å². The van der Waals surface area contributed by atoms with E-state index in [4.69, 9.17) is 5.26 Å². The Labute approximate surface area is 169 Å². The van der Waals surface area contributed by atoms with E-state index in [9.17, 15) is 18.0 Å². The van der Waals surface area contributed by atoms with Crippen molar-refractivity contribution in [2.75, 3.05) is 11.4 Å². The highest BCUT2D eigenvalue weighted by Gasteiger charge is 2.34. The number of nitriles is 1. The molecule has 4 heterocycles. The molecule has 154 valence electrons. The van der Waals surface area contributed by atoms with E-state index in [2.05, 4.69) is 15.1 Å². The lowest BCUT2D eigenvalue weighted by molar-refractivity contribution is -0.141. The maximum Gasteiger partial charge on any atom is 0.433 e. The van der Waals surface area contributed by atoms with Crippen LogP contribution in [0, 0.1) is 17.2 Å². The molecule has 30 heavy (non-hydrogen) atoms. The number of amides is 1. The van der Waals surface area contributed by atoms with Crippen molar-refractivity contribution in [2.24, 2.45) is 5.92 Å². The van der Waals surface area contributed by atoms with Gasteiger partial charge in [0, 0.05) is 30.7 Å². The van der Waals surface area contributed by atoms with Gasteiger partial charge in [0.05, 0.1) is 17.3 Å². The van der Waals surface area contributed by atoms with E-state index >= 15 is 0 Å². The minimum Gasteiger partial charge on any atom is -0.309 e. The molecule has 1 aliphatic heterocycles. The number of carbonyl (C=O) groups is 1. The third-order valence-corrected chi connectivity index (χ3v) is 4.70. The second-order valence-electron chi connectivity index (χ2n) is 7.06. The fraction of sp³-hybridized carbons (Fsp3) is 0.350. The summed E-state index contributed by atoms with van der Waals surface area (Å²) in [7, 11) is 0. The van der Waals surface area contributed by atoms with Crippen LogP contribution in [0.5, 0.6) is 0 Å². The Bertz CT molecular complexity index is 1130. The Hall–Kier alpha value is -3.48. The minimum absolute atomic E-state index is 0.0936. The van der Waals surface area contributed by atoms with Crippen LogP contribution in [0.15, 0.2) is 36.8 Å². The average Bonchev–Trinajstić information content (AvgIpc) is 3.48. The predicted molar refractivity (Wildman–Crippen MR) is 101 cm³/mol. The number of anilines is 1. The molecule has 7 nitrogen and oxygen atoms in total. The van der Waals surface area contributed by atoms with Crippen LogP contribution in [0.3, 0.4) is 0 Å². The summed E-state index contributed by atoms with van der Waals surface area (Å²) in [5.41, 5.74) is 0.346. The maximum atomic E-state index is 12.9. The Morgan fingerprint density at radius 3 is 2.57 bits per heavy atom. The lowest BCUT2D eigenvalue weighted by Crippen LogP contribution is -2.27. The maximum absolute atomic E-state index is 12.9. The Balaban J connectivity index is 0.000000667. The monoisotopic (exact) mass is 414 g/mol. The first-order valence-corrected chi connectivity index (χ1v) is 9.47. The van der Waals surface area contributed by atoms with Crippen molar-refractivity contribution in [1.29, 1.82) is 5.26 Å². The van der Waals surface area contributed by atoms with E-state index in [0.717, 1.165) is 12.3 Å². The zero-order valence-corrected chi connectivity index (χ0v) is 15.8. The predicted octanol–water partition coefficient (Wildman–Crippen LogP) is 3.86. The number of halogens is 3. The van der Waals surface area contributed by atoms with Gasteiger partial charge in [-0.25, -0.2) is 14.5 Å². The van der Waals surface area contributed by atoms with Gasteiger partial charge in [0.25, 0.3) is 0 Å². The van der Waals surface area contributed by atoms with Crippen molar-refractivity contribution in [1.82, 2.24) is 19.6 Å². The van der Waals surface area contributed by atoms with Crippen molar-refractivity contribution in [3.05, 3.63) is 42.5 Å². The van der Waals surface area contributed by atoms with Crippen LogP contribution < -0.4 is 4.90 Å². The van der Waals surface area contributed by atoms with Crippen LogP contribution in [-0.4, -0.2) is 32.0 Å². The molecule has 1 aliphatic carbocycles. The zero-order valence-electron chi connectivity index (χ0n) is 15.8. The topological polar surface area (TPSA) is 87.2 Å². The van der Waals surface area contributed by atoms with E-state index in [1.807, 2.05) is 6.07 Å². The van der Waals surface area contributed by atoms with Crippen LogP contribution in [0.1, 0.15) is 31.4 Å². The number of rotatable bonds is 2. The molecular weight excluding hydrogens is 397 g/mol. The van der Waals surface area contributed by atoms with Crippen LogP contribution in [0.4, 0.5) is 18.9 Å². The summed E-state index contributed by atoms with van der Waals surface area (Å²) in [5.74, 6) is -1.09. The molecule has 0 bridgehead atoms. The van der Waals surface area contributed by atoms with Crippen molar-refractivity contribution >= 4 is 17.1 Å². The first kappa shape index (κ1) is 19.8. The number of hydrogen-bond donors (Lipinski definition) is 0. The second kappa shape index (κ2) is 7.74. The molecule has 1 saturated heterocycles. The summed E-state index contributed by atoms with van der Waals surface area (Å²) in [6.07, 6.45) is 4.37. The highest BCUT2D eigenvalue weighted by Crippen LogP contribution is 2.32. The molecule has 2 fully saturated rings. The first-order valence-electron chi connectivity index (χ1n) is 9.47. The van der Waals surface area contributed by atoms with Gasteiger partial charge in [0.1, 0.15) is 11.6 Å². The largest absolute Gasteiger partial charge is 0.433 e. The average molecular weight is 414 g/mol. The van der Waals surface area contributed by atoms with Gasteiger partial charge < -0.3 is 4.90 Å². The molecule has 0 radical (unpaired) electrons. The number of fused-ring (bicyclic) bond motifs is 1.